The number of hydrogen-bond donors (Lipinski definition) is 2. The number of fused-ring (bicyclic) bond motifs is 1. The van der Waals surface area contributed by atoms with Gasteiger partial charge in [0, 0.05) is 23.7 Å². The minimum absolute atomic E-state index is 0.146. The number of rotatable bonds is 4. The fourth-order valence-electron chi connectivity index (χ4n) is 3.48. The van der Waals surface area contributed by atoms with Crippen LogP contribution in [0.1, 0.15) is 50.7 Å². The van der Waals surface area contributed by atoms with E-state index in [-0.39, 0.29) is 17.9 Å². The third-order valence-electron chi connectivity index (χ3n) is 5.08. The summed E-state index contributed by atoms with van der Waals surface area (Å²) in [6.45, 7) is 0.344. The van der Waals surface area contributed by atoms with E-state index in [2.05, 4.69) is 5.32 Å². The van der Waals surface area contributed by atoms with Crippen molar-refractivity contribution in [1.82, 2.24) is 10.2 Å². The monoisotopic (exact) mass is 364 g/mol. The van der Waals surface area contributed by atoms with E-state index in [0.717, 1.165) is 18.4 Å². The van der Waals surface area contributed by atoms with Gasteiger partial charge in [-0.2, -0.15) is 0 Å². The zero-order valence-corrected chi connectivity index (χ0v) is 14.7. The van der Waals surface area contributed by atoms with Crippen LogP contribution >= 0.6 is 0 Å². The van der Waals surface area contributed by atoms with Crippen molar-refractivity contribution >= 4 is 17.8 Å². The smallest absolute Gasteiger partial charge is 0.331 e. The van der Waals surface area contributed by atoms with Gasteiger partial charge in [0.15, 0.2) is 6.04 Å². The molecule has 0 saturated heterocycles. The van der Waals surface area contributed by atoms with E-state index in [9.17, 15) is 19.5 Å². The number of carbonyl (C=O) groups is 3. The van der Waals surface area contributed by atoms with E-state index in [1.165, 1.54) is 4.90 Å². The van der Waals surface area contributed by atoms with Gasteiger partial charge in [-0.3, -0.25) is 9.59 Å². The van der Waals surface area contributed by atoms with Gasteiger partial charge in [-0.25, -0.2) is 4.79 Å². The number of aliphatic carboxylic acids is 1. The summed E-state index contributed by atoms with van der Waals surface area (Å²) in [5.41, 5.74) is 2.49. The minimum atomic E-state index is -1.05. The van der Waals surface area contributed by atoms with Gasteiger partial charge in [-0.05, 0) is 54.7 Å². The van der Waals surface area contributed by atoms with E-state index >= 15 is 0 Å². The molecule has 1 heterocycles. The molecule has 0 spiro atoms. The van der Waals surface area contributed by atoms with E-state index in [4.69, 9.17) is 0 Å². The highest BCUT2D eigenvalue weighted by molar-refractivity contribution is 5.99. The summed E-state index contributed by atoms with van der Waals surface area (Å²) >= 11 is 0. The first-order chi connectivity index (χ1) is 13.0. The Balaban J connectivity index is 1.56. The van der Waals surface area contributed by atoms with Crippen LogP contribution in [0.25, 0.3) is 0 Å². The molecule has 2 aromatic carbocycles. The maximum absolute atomic E-state index is 13.0. The predicted molar refractivity (Wildman–Crippen MR) is 98.5 cm³/mol. The van der Waals surface area contributed by atoms with Crippen LogP contribution in [0.5, 0.6) is 0 Å². The molecular formula is C21H20N2O4. The van der Waals surface area contributed by atoms with Crippen molar-refractivity contribution in [3.8, 4) is 0 Å². The molecule has 27 heavy (non-hydrogen) atoms. The Morgan fingerprint density at radius 3 is 2.30 bits per heavy atom. The number of nitrogens with zero attached hydrogens (tertiary/aromatic N) is 1. The standard InChI is InChI=1S/C21H20N2O4/c24-19(22-16-9-10-16)14-5-7-15(8-6-14)20(25)23-12-11-13-3-1-2-4-17(13)18(23)21(26)27/h1-8,16,18H,9-12H2,(H,22,24)(H,26,27). The fourth-order valence-corrected chi connectivity index (χ4v) is 3.48. The van der Waals surface area contributed by atoms with Crippen molar-refractivity contribution in [3.63, 3.8) is 0 Å². The lowest BCUT2D eigenvalue weighted by Gasteiger charge is -2.34. The van der Waals surface area contributed by atoms with Crippen molar-refractivity contribution in [2.24, 2.45) is 0 Å². The van der Waals surface area contributed by atoms with Gasteiger partial charge in [0.1, 0.15) is 0 Å². The van der Waals surface area contributed by atoms with E-state index in [1.807, 2.05) is 12.1 Å². The molecule has 6 nitrogen and oxygen atoms in total. The van der Waals surface area contributed by atoms with Crippen molar-refractivity contribution in [2.45, 2.75) is 31.3 Å². The summed E-state index contributed by atoms with van der Waals surface area (Å²) in [5, 5.41) is 12.6. The molecule has 2 N–H and O–H groups in total. The van der Waals surface area contributed by atoms with Gasteiger partial charge in [-0.1, -0.05) is 24.3 Å². The number of hydrogen-bond acceptors (Lipinski definition) is 3. The Kier molecular flexibility index (Phi) is 4.39. The molecule has 4 rings (SSSR count). The van der Waals surface area contributed by atoms with E-state index in [1.54, 1.807) is 36.4 Å². The highest BCUT2D eigenvalue weighted by atomic mass is 16.4. The Bertz CT molecular complexity index is 903. The number of carboxylic acid groups (broad SMARTS) is 1. The van der Waals surface area contributed by atoms with Gasteiger partial charge in [0.05, 0.1) is 0 Å². The topological polar surface area (TPSA) is 86.7 Å². The average Bonchev–Trinajstić information content (AvgIpc) is 3.50. The molecule has 1 fully saturated rings. The van der Waals surface area contributed by atoms with Gasteiger partial charge in [0.2, 0.25) is 0 Å². The lowest BCUT2D eigenvalue weighted by atomic mass is 9.92. The molecule has 0 aromatic heterocycles. The van der Waals surface area contributed by atoms with Crippen LogP contribution in [0, 0.1) is 0 Å². The van der Waals surface area contributed by atoms with Crippen molar-refractivity contribution in [3.05, 3.63) is 70.8 Å². The Labute approximate surface area is 156 Å². The van der Waals surface area contributed by atoms with Crippen LogP contribution in [0.3, 0.4) is 0 Å². The van der Waals surface area contributed by atoms with Crippen LogP contribution in [0.4, 0.5) is 0 Å². The lowest BCUT2D eigenvalue weighted by molar-refractivity contribution is -0.143. The van der Waals surface area contributed by atoms with E-state index in [0.29, 0.717) is 29.7 Å². The first-order valence-electron chi connectivity index (χ1n) is 9.07. The lowest BCUT2D eigenvalue weighted by Crippen LogP contribution is -2.43. The number of nitrogens with one attached hydrogen (secondary N) is 1. The highest BCUT2D eigenvalue weighted by Crippen LogP contribution is 2.31. The van der Waals surface area contributed by atoms with Crippen LogP contribution in [-0.2, 0) is 11.2 Å². The number of amides is 2. The molecule has 1 aliphatic heterocycles. The number of carboxylic acids is 1. The molecule has 0 bridgehead atoms. The third-order valence-corrected chi connectivity index (χ3v) is 5.08. The minimum Gasteiger partial charge on any atom is -0.479 e. The quantitative estimate of drug-likeness (QED) is 0.872. The van der Waals surface area contributed by atoms with Crippen LogP contribution < -0.4 is 5.32 Å². The first-order valence-corrected chi connectivity index (χ1v) is 9.07. The molecule has 2 amide bonds. The van der Waals surface area contributed by atoms with E-state index < -0.39 is 12.0 Å². The normalized spacial score (nSPS) is 18.5. The van der Waals surface area contributed by atoms with Gasteiger partial charge in [-0.15, -0.1) is 0 Å². The molecule has 138 valence electrons. The SMILES string of the molecule is O=C(NC1CC1)c1ccc(C(=O)N2CCc3ccccc3C2C(=O)O)cc1. The van der Waals surface area contributed by atoms with Crippen molar-refractivity contribution in [2.75, 3.05) is 6.54 Å². The van der Waals surface area contributed by atoms with Crippen LogP contribution in [0.15, 0.2) is 48.5 Å². The second-order valence-electron chi connectivity index (χ2n) is 7.01. The summed E-state index contributed by atoms with van der Waals surface area (Å²) < 4.78 is 0. The predicted octanol–water partition coefficient (Wildman–Crippen LogP) is 2.40. The van der Waals surface area contributed by atoms with Crippen molar-refractivity contribution < 1.29 is 19.5 Å². The van der Waals surface area contributed by atoms with Gasteiger partial charge >= 0.3 is 5.97 Å². The first kappa shape index (κ1) is 17.3. The highest BCUT2D eigenvalue weighted by Gasteiger charge is 2.36. The maximum Gasteiger partial charge on any atom is 0.331 e. The molecule has 2 aromatic rings. The molecular weight excluding hydrogens is 344 g/mol. The molecule has 1 aliphatic carbocycles. The molecule has 1 saturated carbocycles. The molecule has 1 unspecified atom stereocenters. The summed E-state index contributed by atoms with van der Waals surface area (Å²) in [5.74, 6) is -1.53. The summed E-state index contributed by atoms with van der Waals surface area (Å²) in [4.78, 5) is 38.3. The number of carbonyl (C=O) groups excluding carboxylic acids is 2. The summed E-state index contributed by atoms with van der Waals surface area (Å²) in [7, 11) is 0. The average molecular weight is 364 g/mol. The van der Waals surface area contributed by atoms with Crippen LogP contribution in [0.2, 0.25) is 0 Å². The molecule has 6 heteroatoms. The Morgan fingerprint density at radius 2 is 1.63 bits per heavy atom. The van der Waals surface area contributed by atoms with Crippen LogP contribution in [-0.4, -0.2) is 40.4 Å². The maximum atomic E-state index is 13.0. The van der Waals surface area contributed by atoms with Gasteiger partial charge < -0.3 is 15.3 Å². The molecule has 2 aliphatic rings. The zero-order chi connectivity index (χ0) is 19.0. The Morgan fingerprint density at radius 1 is 0.963 bits per heavy atom. The second kappa shape index (κ2) is 6.87. The third kappa shape index (κ3) is 3.43. The summed E-state index contributed by atoms with van der Waals surface area (Å²) in [6.07, 6.45) is 2.64. The largest absolute Gasteiger partial charge is 0.479 e. The van der Waals surface area contributed by atoms with Crippen molar-refractivity contribution in [1.29, 1.82) is 0 Å². The number of benzene rings is 2. The van der Waals surface area contributed by atoms with Gasteiger partial charge in [0.25, 0.3) is 11.8 Å². The molecule has 0 radical (unpaired) electrons. The summed E-state index contributed by atoms with van der Waals surface area (Å²) in [6, 6.07) is 13.0. The fraction of sp³-hybridized carbons (Fsp3) is 0.286. The molecule has 1 atom stereocenters. The zero-order valence-electron chi connectivity index (χ0n) is 14.7. The second-order valence-corrected chi connectivity index (χ2v) is 7.01. The Hall–Kier alpha value is -3.15.